The van der Waals surface area contributed by atoms with Gasteiger partial charge in [-0.15, -0.1) is 0 Å². The summed E-state index contributed by atoms with van der Waals surface area (Å²) in [4.78, 5) is 11.4. The van der Waals surface area contributed by atoms with Gasteiger partial charge in [-0.25, -0.2) is 0 Å². The van der Waals surface area contributed by atoms with E-state index in [1.807, 2.05) is 18.2 Å². The van der Waals surface area contributed by atoms with Crippen LogP contribution in [0.2, 0.25) is 0 Å². The molecule has 0 heterocycles. The van der Waals surface area contributed by atoms with Crippen molar-refractivity contribution in [2.75, 3.05) is 11.9 Å². The third-order valence-corrected chi connectivity index (χ3v) is 2.09. The van der Waals surface area contributed by atoms with Crippen LogP contribution in [0.1, 0.15) is 26.2 Å². The number of unbranched alkanes of at least 4 members (excludes halogenated alkanes) is 2. The van der Waals surface area contributed by atoms with Crippen molar-refractivity contribution in [1.82, 2.24) is 0 Å². The molecule has 0 aliphatic carbocycles. The van der Waals surface area contributed by atoms with Crippen LogP contribution in [0.25, 0.3) is 0 Å². The predicted octanol–water partition coefficient (Wildman–Crippen LogP) is 2.65. The lowest BCUT2D eigenvalue weighted by Crippen LogP contribution is -2.09. The number of hydrogen-bond acceptors (Lipinski definition) is 2. The Balaban J connectivity index is 2.51. The molecule has 1 rings (SSSR count). The fourth-order valence-electron chi connectivity index (χ4n) is 1.27. The summed E-state index contributed by atoms with van der Waals surface area (Å²) in [6, 6.07) is 8.91. The second-order valence-corrected chi connectivity index (χ2v) is 3.32. The molecule has 14 heavy (non-hydrogen) atoms. The summed E-state index contributed by atoms with van der Waals surface area (Å²) in [6.45, 7) is 3.05. The van der Waals surface area contributed by atoms with Gasteiger partial charge in [0, 0.05) is 6.54 Å². The molecular formula is C12H17NO. The lowest BCUT2D eigenvalue weighted by atomic mass is 10.2. The zero-order valence-electron chi connectivity index (χ0n) is 8.62. The van der Waals surface area contributed by atoms with Crippen LogP contribution in [0.15, 0.2) is 35.1 Å². The van der Waals surface area contributed by atoms with E-state index in [1.54, 1.807) is 12.1 Å². The molecule has 1 aromatic carbocycles. The minimum Gasteiger partial charge on any atom is -0.382 e. The summed E-state index contributed by atoms with van der Waals surface area (Å²) in [5.74, 6) is 0. The third-order valence-electron chi connectivity index (χ3n) is 2.09. The van der Waals surface area contributed by atoms with Crippen molar-refractivity contribution in [3.8, 4) is 0 Å². The number of nitrogens with one attached hydrogen (secondary N) is 1. The van der Waals surface area contributed by atoms with Gasteiger partial charge in [0.2, 0.25) is 5.43 Å². The molecule has 1 aromatic rings. The Bertz CT molecular complexity index is 322. The highest BCUT2D eigenvalue weighted by atomic mass is 16.1. The van der Waals surface area contributed by atoms with Crippen LogP contribution in [0.3, 0.4) is 0 Å². The van der Waals surface area contributed by atoms with E-state index >= 15 is 0 Å². The molecule has 0 aliphatic heterocycles. The summed E-state index contributed by atoms with van der Waals surface area (Å²) in [7, 11) is 0. The molecule has 0 spiro atoms. The molecule has 76 valence electrons. The molecule has 0 aliphatic rings. The van der Waals surface area contributed by atoms with E-state index in [-0.39, 0.29) is 5.43 Å². The second kappa shape index (κ2) is 6.19. The van der Waals surface area contributed by atoms with E-state index in [0.717, 1.165) is 13.0 Å². The summed E-state index contributed by atoms with van der Waals surface area (Å²) >= 11 is 0. The molecule has 0 saturated carbocycles. The van der Waals surface area contributed by atoms with Crippen LogP contribution >= 0.6 is 0 Å². The van der Waals surface area contributed by atoms with E-state index < -0.39 is 0 Å². The average molecular weight is 191 g/mol. The van der Waals surface area contributed by atoms with Crippen LogP contribution in [-0.2, 0) is 0 Å². The maximum absolute atomic E-state index is 11.4. The first-order valence-electron chi connectivity index (χ1n) is 5.18. The van der Waals surface area contributed by atoms with Crippen LogP contribution in [0.5, 0.6) is 0 Å². The minimum absolute atomic E-state index is 0.0616. The van der Waals surface area contributed by atoms with Gasteiger partial charge < -0.3 is 5.32 Å². The maximum atomic E-state index is 11.4. The Morgan fingerprint density at radius 2 is 1.93 bits per heavy atom. The smallest absolute Gasteiger partial charge is 0.201 e. The Hall–Kier alpha value is -1.31. The normalized spacial score (nSPS) is 9.79. The quantitative estimate of drug-likeness (QED) is 0.725. The molecule has 0 unspecified atom stereocenters. The van der Waals surface area contributed by atoms with Crippen molar-refractivity contribution >= 4 is 5.69 Å². The van der Waals surface area contributed by atoms with E-state index in [2.05, 4.69) is 12.2 Å². The minimum atomic E-state index is 0.0616. The zero-order valence-corrected chi connectivity index (χ0v) is 8.62. The summed E-state index contributed by atoms with van der Waals surface area (Å²) in [6.07, 6.45) is 3.53. The first-order valence-corrected chi connectivity index (χ1v) is 5.18. The molecule has 2 nitrogen and oxygen atoms in total. The monoisotopic (exact) mass is 191 g/mol. The van der Waals surface area contributed by atoms with E-state index in [0.29, 0.717) is 5.69 Å². The highest BCUT2D eigenvalue weighted by molar-refractivity contribution is 5.41. The fraction of sp³-hybridized carbons (Fsp3) is 0.417. The molecule has 0 radical (unpaired) electrons. The van der Waals surface area contributed by atoms with Gasteiger partial charge in [0.05, 0.1) is 5.69 Å². The maximum Gasteiger partial charge on any atom is 0.201 e. The molecule has 0 saturated heterocycles. The van der Waals surface area contributed by atoms with Crippen molar-refractivity contribution < 1.29 is 0 Å². The van der Waals surface area contributed by atoms with E-state index in [9.17, 15) is 4.79 Å². The highest BCUT2D eigenvalue weighted by Crippen LogP contribution is 1.99. The second-order valence-electron chi connectivity index (χ2n) is 3.32. The first kappa shape index (κ1) is 10.8. The molecule has 0 bridgehead atoms. The molecule has 0 atom stereocenters. The van der Waals surface area contributed by atoms with Crippen molar-refractivity contribution in [1.29, 1.82) is 0 Å². The zero-order chi connectivity index (χ0) is 10.2. The van der Waals surface area contributed by atoms with Gasteiger partial charge in [-0.3, -0.25) is 4.79 Å². The Labute approximate surface area is 85.0 Å². The largest absolute Gasteiger partial charge is 0.382 e. The number of hydrogen-bond donors (Lipinski definition) is 1. The lowest BCUT2D eigenvalue weighted by molar-refractivity contribution is 0.743. The fourth-order valence-corrected chi connectivity index (χ4v) is 1.27. The Morgan fingerprint density at radius 1 is 1.14 bits per heavy atom. The standard InChI is InChI=1S/C12H17NO/c1-2-3-7-10-13-11-8-5-4-6-9-12(11)14/h4-6,8-9H,2-3,7,10H2,1H3,(H,13,14). The summed E-state index contributed by atoms with van der Waals surface area (Å²) < 4.78 is 0. The predicted molar refractivity (Wildman–Crippen MR) is 60.7 cm³/mol. The molecule has 0 aromatic heterocycles. The number of rotatable bonds is 5. The first-order chi connectivity index (χ1) is 6.84. The van der Waals surface area contributed by atoms with Gasteiger partial charge >= 0.3 is 0 Å². The van der Waals surface area contributed by atoms with Crippen molar-refractivity contribution in [2.24, 2.45) is 0 Å². The van der Waals surface area contributed by atoms with Crippen molar-refractivity contribution in [3.05, 3.63) is 40.6 Å². The van der Waals surface area contributed by atoms with Crippen molar-refractivity contribution in [3.63, 3.8) is 0 Å². The van der Waals surface area contributed by atoms with Crippen LogP contribution in [0.4, 0.5) is 5.69 Å². The van der Waals surface area contributed by atoms with Gasteiger partial charge in [0.15, 0.2) is 0 Å². The topological polar surface area (TPSA) is 29.1 Å². The van der Waals surface area contributed by atoms with Crippen LogP contribution in [-0.4, -0.2) is 6.54 Å². The highest BCUT2D eigenvalue weighted by Gasteiger charge is 1.93. The van der Waals surface area contributed by atoms with Gasteiger partial charge in [0.1, 0.15) is 0 Å². The Kier molecular flexibility index (Phi) is 4.76. The number of anilines is 1. The van der Waals surface area contributed by atoms with E-state index in [4.69, 9.17) is 0 Å². The summed E-state index contributed by atoms with van der Waals surface area (Å²) in [5, 5.41) is 3.16. The van der Waals surface area contributed by atoms with Gasteiger partial charge in [-0.1, -0.05) is 38.0 Å². The van der Waals surface area contributed by atoms with Gasteiger partial charge in [0.25, 0.3) is 0 Å². The van der Waals surface area contributed by atoms with Crippen LogP contribution < -0.4 is 10.7 Å². The van der Waals surface area contributed by atoms with E-state index in [1.165, 1.54) is 12.8 Å². The SMILES string of the molecule is CCCCCNc1cccccc1=O. The van der Waals surface area contributed by atoms with Gasteiger partial charge in [-0.2, -0.15) is 0 Å². The molecule has 2 heteroatoms. The molecule has 1 N–H and O–H groups in total. The molecule has 0 amide bonds. The third kappa shape index (κ3) is 3.60. The summed E-state index contributed by atoms with van der Waals surface area (Å²) in [5.41, 5.74) is 0.762. The van der Waals surface area contributed by atoms with Gasteiger partial charge in [-0.05, 0) is 18.6 Å². The average Bonchev–Trinajstić information content (AvgIpc) is 2.39. The Morgan fingerprint density at radius 3 is 2.71 bits per heavy atom. The molecule has 0 fully saturated rings. The van der Waals surface area contributed by atoms with Crippen molar-refractivity contribution in [2.45, 2.75) is 26.2 Å². The van der Waals surface area contributed by atoms with Crippen LogP contribution in [0, 0.1) is 0 Å². The lowest BCUT2D eigenvalue weighted by Gasteiger charge is -2.02. The molecular weight excluding hydrogens is 174 g/mol.